The van der Waals surface area contributed by atoms with Crippen LogP contribution in [0, 0.1) is 6.92 Å². The van der Waals surface area contributed by atoms with E-state index in [0.717, 1.165) is 28.1 Å². The summed E-state index contributed by atoms with van der Waals surface area (Å²) in [6.07, 6.45) is 0. The van der Waals surface area contributed by atoms with Crippen molar-refractivity contribution in [3.05, 3.63) is 53.1 Å². The van der Waals surface area contributed by atoms with Crippen LogP contribution in [0.2, 0.25) is 0 Å². The molecule has 0 aliphatic rings. The van der Waals surface area contributed by atoms with Gasteiger partial charge in [-0.25, -0.2) is 0 Å². The van der Waals surface area contributed by atoms with E-state index < -0.39 is 0 Å². The largest absolute Gasteiger partial charge is 0.497 e. The highest BCUT2D eigenvalue weighted by Gasteiger charge is 2.04. The van der Waals surface area contributed by atoms with Gasteiger partial charge in [0.25, 0.3) is 0 Å². The molecule has 0 radical (unpaired) electrons. The molecule has 0 aliphatic carbocycles. The summed E-state index contributed by atoms with van der Waals surface area (Å²) < 4.78 is 5.21. The van der Waals surface area contributed by atoms with Gasteiger partial charge in [-0.15, -0.1) is 0 Å². The molecule has 0 atom stereocenters. The van der Waals surface area contributed by atoms with Crippen LogP contribution in [0.5, 0.6) is 5.75 Å². The zero-order valence-electron chi connectivity index (χ0n) is 12.3. The van der Waals surface area contributed by atoms with Crippen LogP contribution in [-0.4, -0.2) is 7.11 Å². The molecular formula is C16H20N4O. The lowest BCUT2D eigenvalue weighted by Gasteiger charge is -2.06. The molecule has 110 valence electrons. The smallest absolute Gasteiger partial charge is 0.121 e. The molecule has 0 amide bonds. The quantitative estimate of drug-likeness (QED) is 0.826. The number of benzene rings is 2. The topological polar surface area (TPSA) is 86.0 Å². The van der Waals surface area contributed by atoms with Crippen molar-refractivity contribution in [2.75, 3.05) is 7.11 Å². The van der Waals surface area contributed by atoms with Crippen molar-refractivity contribution in [2.24, 2.45) is 21.7 Å². The Morgan fingerprint density at radius 2 is 1.48 bits per heavy atom. The second kappa shape index (κ2) is 6.97. The second-order valence-corrected chi connectivity index (χ2v) is 4.74. The van der Waals surface area contributed by atoms with Gasteiger partial charge < -0.3 is 16.2 Å². The van der Waals surface area contributed by atoms with Gasteiger partial charge in [0.1, 0.15) is 5.75 Å². The van der Waals surface area contributed by atoms with Gasteiger partial charge in [0.05, 0.1) is 18.5 Å². The first-order chi connectivity index (χ1) is 10.2. The number of nitrogens with zero attached hydrogens (tertiary/aromatic N) is 2. The maximum absolute atomic E-state index is 5.73. The van der Waals surface area contributed by atoms with Gasteiger partial charge in [-0.3, -0.25) is 0 Å². The molecule has 21 heavy (non-hydrogen) atoms. The Morgan fingerprint density at radius 1 is 0.905 bits per heavy atom. The van der Waals surface area contributed by atoms with E-state index in [1.54, 1.807) is 7.11 Å². The zero-order chi connectivity index (χ0) is 15.2. The van der Waals surface area contributed by atoms with Crippen molar-refractivity contribution in [2.45, 2.75) is 20.0 Å². The van der Waals surface area contributed by atoms with Crippen molar-refractivity contribution < 1.29 is 4.74 Å². The highest BCUT2D eigenvalue weighted by molar-refractivity contribution is 5.52. The van der Waals surface area contributed by atoms with E-state index in [-0.39, 0.29) is 0 Å². The summed E-state index contributed by atoms with van der Waals surface area (Å²) in [5, 5.41) is 8.64. The minimum atomic E-state index is 0.399. The minimum Gasteiger partial charge on any atom is -0.497 e. The van der Waals surface area contributed by atoms with Crippen molar-refractivity contribution in [1.82, 2.24) is 0 Å². The molecule has 4 N–H and O–H groups in total. The van der Waals surface area contributed by atoms with Crippen molar-refractivity contribution in [1.29, 1.82) is 0 Å². The van der Waals surface area contributed by atoms with Crippen LogP contribution in [0.15, 0.2) is 46.6 Å². The molecule has 2 rings (SSSR count). The summed E-state index contributed by atoms with van der Waals surface area (Å²) in [6.45, 7) is 2.84. The number of rotatable bonds is 5. The molecule has 0 bridgehead atoms. The fourth-order valence-electron chi connectivity index (χ4n) is 1.98. The normalized spacial score (nSPS) is 11.0. The first-order valence-electron chi connectivity index (χ1n) is 6.76. The molecule has 5 heteroatoms. The van der Waals surface area contributed by atoms with E-state index in [9.17, 15) is 0 Å². The Kier molecular flexibility index (Phi) is 5.03. The lowest BCUT2D eigenvalue weighted by Crippen LogP contribution is -1.97. The summed E-state index contributed by atoms with van der Waals surface area (Å²) in [5.74, 6) is 0.726. The van der Waals surface area contributed by atoms with Crippen LogP contribution in [0.1, 0.15) is 16.7 Å². The number of aryl methyl sites for hydroxylation is 1. The lowest BCUT2D eigenvalue weighted by molar-refractivity contribution is 0.415. The fraction of sp³-hybridized carbons (Fsp3) is 0.250. The summed E-state index contributed by atoms with van der Waals surface area (Å²) in [6, 6.07) is 11.5. The maximum atomic E-state index is 5.73. The van der Waals surface area contributed by atoms with Crippen LogP contribution >= 0.6 is 0 Å². The number of nitrogens with two attached hydrogens (primary N) is 2. The summed E-state index contributed by atoms with van der Waals surface area (Å²) >= 11 is 0. The highest BCUT2D eigenvalue weighted by atomic mass is 16.5. The maximum Gasteiger partial charge on any atom is 0.121 e. The van der Waals surface area contributed by atoms with E-state index in [2.05, 4.69) is 10.2 Å². The van der Waals surface area contributed by atoms with Crippen LogP contribution < -0.4 is 16.2 Å². The zero-order valence-corrected chi connectivity index (χ0v) is 12.3. The molecular weight excluding hydrogens is 264 g/mol. The van der Waals surface area contributed by atoms with E-state index in [1.807, 2.05) is 43.3 Å². The molecule has 0 saturated carbocycles. The average Bonchev–Trinajstić information content (AvgIpc) is 2.52. The predicted octanol–water partition coefficient (Wildman–Crippen LogP) is 3.34. The molecule has 0 unspecified atom stereocenters. The number of azo groups is 1. The first kappa shape index (κ1) is 15.2. The van der Waals surface area contributed by atoms with Crippen LogP contribution in [0.3, 0.4) is 0 Å². The van der Waals surface area contributed by atoms with Crippen LogP contribution in [0.4, 0.5) is 11.4 Å². The second-order valence-electron chi connectivity index (χ2n) is 4.74. The van der Waals surface area contributed by atoms with Gasteiger partial charge in [0.15, 0.2) is 0 Å². The molecule has 0 aromatic heterocycles. The number of methoxy groups -OCH3 is 1. The molecule has 0 heterocycles. The van der Waals surface area contributed by atoms with Gasteiger partial charge in [0.2, 0.25) is 0 Å². The van der Waals surface area contributed by atoms with Crippen LogP contribution in [-0.2, 0) is 13.1 Å². The first-order valence-corrected chi connectivity index (χ1v) is 6.76. The standard InChI is InChI=1S/C16H20N4O/c1-11-3-4-12(9-17)15(7-11)19-20-16-8-14(21-2)6-5-13(16)10-18/h3-8H,9-10,17-18H2,1-2H3. The van der Waals surface area contributed by atoms with E-state index >= 15 is 0 Å². The van der Waals surface area contributed by atoms with E-state index in [4.69, 9.17) is 16.2 Å². The lowest BCUT2D eigenvalue weighted by atomic mass is 10.1. The van der Waals surface area contributed by atoms with Gasteiger partial charge in [0, 0.05) is 19.2 Å². The van der Waals surface area contributed by atoms with Crippen LogP contribution in [0.25, 0.3) is 0 Å². The number of hydrogen-bond donors (Lipinski definition) is 2. The highest BCUT2D eigenvalue weighted by Crippen LogP contribution is 2.28. The van der Waals surface area contributed by atoms with Gasteiger partial charge in [-0.05, 0) is 35.7 Å². The summed E-state index contributed by atoms with van der Waals surface area (Å²) in [5.41, 5.74) is 15.9. The third-order valence-corrected chi connectivity index (χ3v) is 3.24. The molecule has 2 aromatic carbocycles. The fourth-order valence-corrected chi connectivity index (χ4v) is 1.98. The monoisotopic (exact) mass is 284 g/mol. The SMILES string of the molecule is COc1ccc(CN)c(N=Nc2cc(C)ccc2CN)c1. The van der Waals surface area contributed by atoms with Crippen molar-refractivity contribution in [3.63, 3.8) is 0 Å². The van der Waals surface area contributed by atoms with Gasteiger partial charge in [-0.1, -0.05) is 18.2 Å². The molecule has 2 aromatic rings. The van der Waals surface area contributed by atoms with Crippen molar-refractivity contribution in [3.8, 4) is 5.75 Å². The average molecular weight is 284 g/mol. The molecule has 0 spiro atoms. The predicted molar refractivity (Wildman–Crippen MR) is 84.1 cm³/mol. The third kappa shape index (κ3) is 3.65. The Morgan fingerprint density at radius 3 is 2.05 bits per heavy atom. The van der Waals surface area contributed by atoms with Gasteiger partial charge >= 0.3 is 0 Å². The number of ether oxygens (including phenoxy) is 1. The Bertz CT molecular complexity index is 653. The Hall–Kier alpha value is -2.24. The molecule has 0 fully saturated rings. The van der Waals surface area contributed by atoms with E-state index in [1.165, 1.54) is 0 Å². The van der Waals surface area contributed by atoms with Gasteiger partial charge in [-0.2, -0.15) is 10.2 Å². The number of hydrogen-bond acceptors (Lipinski definition) is 5. The summed E-state index contributed by atoms with van der Waals surface area (Å²) in [7, 11) is 1.62. The Balaban J connectivity index is 2.39. The minimum absolute atomic E-state index is 0.399. The molecule has 0 aliphatic heterocycles. The Labute approximate surface area is 124 Å². The third-order valence-electron chi connectivity index (χ3n) is 3.24. The summed E-state index contributed by atoms with van der Waals surface area (Å²) in [4.78, 5) is 0. The van der Waals surface area contributed by atoms with E-state index in [0.29, 0.717) is 18.8 Å². The molecule has 0 saturated heterocycles. The molecule has 5 nitrogen and oxygen atoms in total. The van der Waals surface area contributed by atoms with Crippen molar-refractivity contribution >= 4 is 11.4 Å².